The minimum Gasteiger partial charge on any atom is -0.355 e. The molecule has 1 aromatic carbocycles. The van der Waals surface area contributed by atoms with Crippen LogP contribution in [0.1, 0.15) is 50.2 Å². The summed E-state index contributed by atoms with van der Waals surface area (Å²) in [6, 6.07) is 8.61. The van der Waals surface area contributed by atoms with Crippen molar-refractivity contribution in [3.05, 3.63) is 35.4 Å². The van der Waals surface area contributed by atoms with E-state index >= 15 is 0 Å². The number of aryl methyl sites for hydroxylation is 1. The molecule has 0 radical (unpaired) electrons. The van der Waals surface area contributed by atoms with E-state index in [-0.39, 0.29) is 11.3 Å². The summed E-state index contributed by atoms with van der Waals surface area (Å²) in [7, 11) is 0. The second-order valence-corrected chi connectivity index (χ2v) is 7.66. The van der Waals surface area contributed by atoms with Crippen LogP contribution in [0, 0.1) is 18.8 Å². The highest BCUT2D eigenvalue weighted by molar-refractivity contribution is 5.76. The molecule has 1 heterocycles. The molecule has 126 valence electrons. The first kappa shape index (κ1) is 16.5. The number of carbonyl (C=O) groups excluding carboxylic acids is 1. The first-order valence-corrected chi connectivity index (χ1v) is 9.14. The van der Waals surface area contributed by atoms with Gasteiger partial charge in [-0.15, -0.1) is 0 Å². The number of amides is 1. The number of piperidine rings is 1. The molecule has 1 saturated carbocycles. The van der Waals surface area contributed by atoms with Crippen LogP contribution in [-0.4, -0.2) is 25.5 Å². The van der Waals surface area contributed by atoms with E-state index in [9.17, 15) is 4.79 Å². The molecule has 0 bridgehead atoms. The van der Waals surface area contributed by atoms with Crippen LogP contribution in [0.4, 0.5) is 0 Å². The number of hydrogen-bond donors (Lipinski definition) is 2. The number of nitrogens with one attached hydrogen (secondary N) is 2. The Balaban J connectivity index is 1.50. The van der Waals surface area contributed by atoms with Gasteiger partial charge in [0.15, 0.2) is 0 Å². The molecule has 3 nitrogen and oxygen atoms in total. The maximum Gasteiger partial charge on any atom is 0.220 e. The lowest BCUT2D eigenvalue weighted by Crippen LogP contribution is -2.37. The summed E-state index contributed by atoms with van der Waals surface area (Å²) < 4.78 is 0. The summed E-state index contributed by atoms with van der Waals surface area (Å²) in [5, 5.41) is 6.67. The van der Waals surface area contributed by atoms with Crippen molar-refractivity contribution < 1.29 is 4.79 Å². The zero-order valence-electron chi connectivity index (χ0n) is 14.5. The molecule has 2 unspecified atom stereocenters. The third kappa shape index (κ3) is 3.95. The van der Waals surface area contributed by atoms with Crippen molar-refractivity contribution in [1.82, 2.24) is 10.6 Å². The lowest BCUT2D eigenvalue weighted by molar-refractivity contribution is -0.122. The van der Waals surface area contributed by atoms with Crippen LogP contribution >= 0.6 is 0 Å². The molecule has 2 atom stereocenters. The van der Waals surface area contributed by atoms with Gasteiger partial charge < -0.3 is 10.6 Å². The van der Waals surface area contributed by atoms with Gasteiger partial charge in [-0.05, 0) is 68.7 Å². The van der Waals surface area contributed by atoms with E-state index in [0.29, 0.717) is 18.3 Å². The minimum absolute atomic E-state index is 0.205. The van der Waals surface area contributed by atoms with Gasteiger partial charge in [-0.3, -0.25) is 4.79 Å². The molecule has 1 aliphatic carbocycles. The average molecular weight is 314 g/mol. The molecule has 2 fully saturated rings. The molecule has 1 saturated heterocycles. The smallest absolute Gasteiger partial charge is 0.220 e. The van der Waals surface area contributed by atoms with E-state index in [2.05, 4.69) is 48.7 Å². The van der Waals surface area contributed by atoms with Crippen molar-refractivity contribution in [2.75, 3.05) is 19.6 Å². The van der Waals surface area contributed by atoms with Crippen LogP contribution in [-0.2, 0) is 10.2 Å². The normalized spacial score (nSPS) is 24.0. The largest absolute Gasteiger partial charge is 0.355 e. The fourth-order valence-corrected chi connectivity index (χ4v) is 4.02. The summed E-state index contributed by atoms with van der Waals surface area (Å²) in [5.41, 5.74) is 2.97. The van der Waals surface area contributed by atoms with Gasteiger partial charge in [0.25, 0.3) is 0 Å². The molecule has 1 aliphatic heterocycles. The third-order valence-electron chi connectivity index (χ3n) is 5.84. The standard InChI is InChI=1S/C20H30N2O/c1-15-6-3-4-8-18(15)20(9-10-20)14-22-19(23)12-16(2)17-7-5-11-21-13-17/h3-4,6,8,16-17,21H,5,7,9-14H2,1-2H3,(H,22,23). The zero-order valence-corrected chi connectivity index (χ0v) is 14.5. The molecule has 3 heteroatoms. The second-order valence-electron chi connectivity index (χ2n) is 7.66. The topological polar surface area (TPSA) is 41.1 Å². The van der Waals surface area contributed by atoms with Crippen LogP contribution < -0.4 is 10.6 Å². The number of hydrogen-bond acceptors (Lipinski definition) is 2. The monoisotopic (exact) mass is 314 g/mol. The van der Waals surface area contributed by atoms with Crippen molar-refractivity contribution in [3.8, 4) is 0 Å². The molecule has 3 rings (SSSR count). The quantitative estimate of drug-likeness (QED) is 0.847. The van der Waals surface area contributed by atoms with E-state index < -0.39 is 0 Å². The van der Waals surface area contributed by atoms with Gasteiger partial charge in [-0.1, -0.05) is 31.2 Å². The number of rotatable bonds is 6. The molecule has 0 spiro atoms. The molecule has 1 amide bonds. The Morgan fingerprint density at radius 2 is 2.17 bits per heavy atom. The summed E-state index contributed by atoms with van der Waals surface area (Å²) in [5.74, 6) is 1.35. The summed E-state index contributed by atoms with van der Waals surface area (Å²) >= 11 is 0. The highest BCUT2D eigenvalue weighted by Gasteiger charge is 2.45. The van der Waals surface area contributed by atoms with E-state index in [1.807, 2.05) is 0 Å². The summed E-state index contributed by atoms with van der Waals surface area (Å²) in [4.78, 5) is 12.4. The number of benzene rings is 1. The van der Waals surface area contributed by atoms with E-state index in [0.717, 1.165) is 19.6 Å². The van der Waals surface area contributed by atoms with Crippen molar-refractivity contribution in [2.45, 2.75) is 51.4 Å². The lowest BCUT2D eigenvalue weighted by atomic mass is 9.85. The van der Waals surface area contributed by atoms with E-state index in [4.69, 9.17) is 0 Å². The second kappa shape index (κ2) is 7.04. The average Bonchev–Trinajstić information content (AvgIpc) is 3.35. The zero-order chi connectivity index (χ0) is 16.3. The Labute approximate surface area is 140 Å². The molecule has 1 aromatic rings. The van der Waals surface area contributed by atoms with Gasteiger partial charge in [0.1, 0.15) is 0 Å². The molecule has 2 N–H and O–H groups in total. The lowest BCUT2D eigenvalue weighted by Gasteiger charge is -2.28. The van der Waals surface area contributed by atoms with Crippen LogP contribution in [0.5, 0.6) is 0 Å². The third-order valence-corrected chi connectivity index (χ3v) is 5.84. The Morgan fingerprint density at radius 3 is 2.83 bits per heavy atom. The highest BCUT2D eigenvalue weighted by atomic mass is 16.1. The maximum absolute atomic E-state index is 12.4. The van der Waals surface area contributed by atoms with Gasteiger partial charge in [-0.25, -0.2) is 0 Å². The van der Waals surface area contributed by atoms with Gasteiger partial charge in [0, 0.05) is 18.4 Å². The Morgan fingerprint density at radius 1 is 1.39 bits per heavy atom. The summed E-state index contributed by atoms with van der Waals surface area (Å²) in [6.07, 6.45) is 5.55. The van der Waals surface area contributed by atoms with Crippen LogP contribution in [0.2, 0.25) is 0 Å². The SMILES string of the molecule is Cc1ccccc1C1(CNC(=O)CC(C)C2CCCNC2)CC1. The van der Waals surface area contributed by atoms with E-state index in [1.54, 1.807) is 0 Å². The molecular formula is C20H30N2O. The molecule has 2 aliphatic rings. The number of carbonyl (C=O) groups is 1. The van der Waals surface area contributed by atoms with Crippen molar-refractivity contribution in [1.29, 1.82) is 0 Å². The Kier molecular flexibility index (Phi) is 5.05. The molecular weight excluding hydrogens is 284 g/mol. The first-order chi connectivity index (χ1) is 11.1. The Hall–Kier alpha value is -1.35. The fraction of sp³-hybridized carbons (Fsp3) is 0.650. The maximum atomic E-state index is 12.4. The molecule has 23 heavy (non-hydrogen) atoms. The van der Waals surface area contributed by atoms with Crippen LogP contribution in [0.3, 0.4) is 0 Å². The van der Waals surface area contributed by atoms with Crippen molar-refractivity contribution in [2.24, 2.45) is 11.8 Å². The van der Waals surface area contributed by atoms with Crippen LogP contribution in [0.25, 0.3) is 0 Å². The highest BCUT2D eigenvalue weighted by Crippen LogP contribution is 2.48. The van der Waals surface area contributed by atoms with Crippen molar-refractivity contribution >= 4 is 5.91 Å². The predicted octanol–water partition coefficient (Wildman–Crippen LogP) is 3.17. The van der Waals surface area contributed by atoms with Gasteiger partial charge in [0.05, 0.1) is 0 Å². The van der Waals surface area contributed by atoms with Crippen LogP contribution in [0.15, 0.2) is 24.3 Å². The van der Waals surface area contributed by atoms with Gasteiger partial charge >= 0.3 is 0 Å². The van der Waals surface area contributed by atoms with Gasteiger partial charge in [0.2, 0.25) is 5.91 Å². The first-order valence-electron chi connectivity index (χ1n) is 9.14. The Bertz CT molecular complexity index is 544. The predicted molar refractivity (Wildman–Crippen MR) is 94.5 cm³/mol. The van der Waals surface area contributed by atoms with Gasteiger partial charge in [-0.2, -0.15) is 0 Å². The van der Waals surface area contributed by atoms with Crippen molar-refractivity contribution in [3.63, 3.8) is 0 Å². The summed E-state index contributed by atoms with van der Waals surface area (Å²) in [6.45, 7) is 7.41. The minimum atomic E-state index is 0.205. The van der Waals surface area contributed by atoms with E-state index in [1.165, 1.54) is 36.8 Å². The molecule has 0 aromatic heterocycles. The fourth-order valence-electron chi connectivity index (χ4n) is 4.02.